The normalized spacial score (nSPS) is 21.7. The molecule has 1 radical (unpaired) electrons. The number of benzene rings is 1. The Morgan fingerprint density at radius 1 is 1.35 bits per heavy atom. The number of carbonyl (C=O) groups excluding carboxylic acids is 1. The van der Waals surface area contributed by atoms with Crippen LogP contribution in [0.2, 0.25) is 0 Å². The van der Waals surface area contributed by atoms with Crippen molar-refractivity contribution in [1.82, 2.24) is 0 Å². The average Bonchev–Trinajstić information content (AvgIpc) is 3.43. The first kappa shape index (κ1) is 27.9. The number of phenolic OH excluding ortho intramolecular Hbond substituents is 1. The molecule has 1 saturated heterocycles. The number of rotatable bonds is 7. The van der Waals surface area contributed by atoms with Gasteiger partial charge in [0.15, 0.2) is 5.97 Å². The van der Waals surface area contributed by atoms with Gasteiger partial charge in [0.05, 0.1) is 0 Å². The van der Waals surface area contributed by atoms with Crippen molar-refractivity contribution in [3.8, 4) is 11.5 Å². The Balaban J connectivity index is 0.000000860. The van der Waals surface area contributed by atoms with Crippen LogP contribution in [0.15, 0.2) is 35.9 Å². The van der Waals surface area contributed by atoms with Crippen LogP contribution in [-0.2, 0) is 48.7 Å². The van der Waals surface area contributed by atoms with Crippen LogP contribution in [0.5, 0.6) is 11.5 Å². The van der Waals surface area contributed by atoms with Crippen molar-refractivity contribution in [2.24, 2.45) is 5.92 Å². The zero-order valence-electron chi connectivity index (χ0n) is 19.3. The van der Waals surface area contributed by atoms with Gasteiger partial charge in [-0.2, -0.15) is 0 Å². The van der Waals surface area contributed by atoms with Gasteiger partial charge in [-0.25, -0.2) is 0 Å². The molecule has 4 nitrogen and oxygen atoms in total. The van der Waals surface area contributed by atoms with Crippen LogP contribution in [0.25, 0.3) is 0 Å². The molecule has 0 bridgehead atoms. The maximum Gasteiger partial charge on any atom is 0.172 e. The molecule has 1 aliphatic carbocycles. The maximum absolute atomic E-state index is 11.6. The van der Waals surface area contributed by atoms with E-state index in [1.807, 2.05) is 19.1 Å². The van der Waals surface area contributed by atoms with Crippen LogP contribution in [-0.4, -0.2) is 23.8 Å². The molecular formula is C26H36O4Y-2. The zero-order chi connectivity index (χ0) is 22.3. The average molecular weight is 501 g/mol. The van der Waals surface area contributed by atoms with Gasteiger partial charge in [-0.05, 0) is 69.2 Å². The van der Waals surface area contributed by atoms with Crippen LogP contribution in [0.1, 0.15) is 69.9 Å². The number of ether oxygens (including phenoxy) is 2. The molecule has 1 aromatic carbocycles. The number of epoxide rings is 1. The van der Waals surface area contributed by atoms with E-state index in [4.69, 9.17) is 4.74 Å². The summed E-state index contributed by atoms with van der Waals surface area (Å²) in [5.41, 5.74) is 4.02. The SMILES string of the molecule is C=C(C)[C@@H]1CCC(C)=C[C@H]1c1c(O)cc(CCCCC)cc1OC([CH2-])=O.[CH2-]C1CO1.[Y]. The summed E-state index contributed by atoms with van der Waals surface area (Å²) in [4.78, 5) is 11.6. The van der Waals surface area contributed by atoms with Gasteiger partial charge in [-0.3, -0.25) is 11.7 Å². The number of hydrogen-bond acceptors (Lipinski definition) is 4. The molecule has 1 fully saturated rings. The van der Waals surface area contributed by atoms with Crippen molar-refractivity contribution < 1.29 is 52.1 Å². The summed E-state index contributed by atoms with van der Waals surface area (Å²) in [5.74, 6) is 0.189. The van der Waals surface area contributed by atoms with Gasteiger partial charge in [0.2, 0.25) is 0 Å². The monoisotopic (exact) mass is 501 g/mol. The van der Waals surface area contributed by atoms with E-state index in [1.54, 1.807) is 0 Å². The fourth-order valence-electron chi connectivity index (χ4n) is 3.91. The Hall–Kier alpha value is -1.10. The Labute approximate surface area is 213 Å². The number of aromatic hydroxyl groups is 1. The quantitative estimate of drug-likeness (QED) is 0.123. The van der Waals surface area contributed by atoms with E-state index in [2.05, 4.69) is 45.1 Å². The van der Waals surface area contributed by atoms with Crippen molar-refractivity contribution in [2.45, 2.75) is 71.3 Å². The summed E-state index contributed by atoms with van der Waals surface area (Å²) in [6.07, 6.45) is 8.68. The van der Waals surface area contributed by atoms with Gasteiger partial charge in [0, 0.05) is 50.8 Å². The fourth-order valence-corrected chi connectivity index (χ4v) is 3.91. The van der Waals surface area contributed by atoms with Crippen LogP contribution >= 0.6 is 0 Å². The van der Waals surface area contributed by atoms with E-state index >= 15 is 0 Å². The fraction of sp³-hybridized carbons (Fsp3) is 0.500. The zero-order valence-corrected chi connectivity index (χ0v) is 22.1. The van der Waals surface area contributed by atoms with Crippen LogP contribution < -0.4 is 4.74 Å². The van der Waals surface area contributed by atoms with Crippen molar-refractivity contribution in [3.63, 3.8) is 0 Å². The molecule has 0 aromatic heterocycles. The molecule has 1 heterocycles. The van der Waals surface area contributed by atoms with E-state index in [0.29, 0.717) is 17.4 Å². The van der Waals surface area contributed by atoms with E-state index in [-0.39, 0.29) is 50.3 Å². The first-order valence-corrected chi connectivity index (χ1v) is 10.9. The van der Waals surface area contributed by atoms with Crippen LogP contribution in [0.3, 0.4) is 0 Å². The summed E-state index contributed by atoms with van der Waals surface area (Å²) in [6.45, 7) is 18.2. The molecule has 31 heavy (non-hydrogen) atoms. The van der Waals surface area contributed by atoms with Crippen molar-refractivity contribution in [3.05, 3.63) is 60.9 Å². The van der Waals surface area contributed by atoms with Gasteiger partial charge in [-0.15, -0.1) is 0 Å². The third-order valence-electron chi connectivity index (χ3n) is 5.59. The molecular weight excluding hydrogens is 465 g/mol. The van der Waals surface area contributed by atoms with Gasteiger partial charge in [-0.1, -0.05) is 43.6 Å². The van der Waals surface area contributed by atoms with E-state index in [1.165, 1.54) is 5.57 Å². The number of esters is 1. The third kappa shape index (κ3) is 9.12. The van der Waals surface area contributed by atoms with Gasteiger partial charge >= 0.3 is 0 Å². The third-order valence-corrected chi connectivity index (χ3v) is 5.59. The molecule has 2 aliphatic rings. The first-order valence-electron chi connectivity index (χ1n) is 10.9. The molecule has 3 atom stereocenters. The minimum absolute atomic E-state index is 0. The van der Waals surface area contributed by atoms with Crippen LogP contribution in [0.4, 0.5) is 0 Å². The van der Waals surface area contributed by atoms with Crippen molar-refractivity contribution in [1.29, 1.82) is 0 Å². The Bertz CT molecular complexity index is 780. The number of unbranched alkanes of at least 4 members (excludes halogenated alkanes) is 2. The predicted molar refractivity (Wildman–Crippen MR) is 121 cm³/mol. The molecule has 169 valence electrons. The van der Waals surface area contributed by atoms with E-state index in [9.17, 15) is 9.90 Å². The minimum atomic E-state index is -0.611. The number of allylic oxidation sites excluding steroid dienone is 3. The summed E-state index contributed by atoms with van der Waals surface area (Å²) < 4.78 is 10.0. The smallest absolute Gasteiger partial charge is 0.172 e. The Morgan fingerprint density at radius 2 is 2.00 bits per heavy atom. The standard InChI is InChI=1S/C23H31O3.C3H5O.Y/c1-6-7-8-9-18-13-21(25)23(22(14-18)26-17(5)24)20-12-16(4)10-11-19(20)15(2)3;1-3-2-4-3;/h12-14,19-20,25H,2,5-11H2,1,3-4H3;3H,1-2H2;/q2*-1;/t19-,20+;;/m0../s1. The number of aryl methyl sites for hydroxylation is 1. The van der Waals surface area contributed by atoms with Crippen LogP contribution in [0, 0.1) is 19.8 Å². The molecule has 0 saturated carbocycles. The number of phenols is 1. The van der Waals surface area contributed by atoms with Crippen molar-refractivity contribution >= 4 is 5.97 Å². The molecule has 0 spiro atoms. The molecule has 1 N–H and O–H groups in total. The summed E-state index contributed by atoms with van der Waals surface area (Å²) in [7, 11) is 0. The van der Waals surface area contributed by atoms with E-state index < -0.39 is 5.97 Å². The Morgan fingerprint density at radius 3 is 2.52 bits per heavy atom. The molecule has 0 amide bonds. The minimum Gasteiger partial charge on any atom is -0.507 e. The van der Waals surface area contributed by atoms with Gasteiger partial charge in [0.25, 0.3) is 0 Å². The van der Waals surface area contributed by atoms with Crippen molar-refractivity contribution in [2.75, 3.05) is 6.61 Å². The Kier molecular flexibility index (Phi) is 12.1. The summed E-state index contributed by atoms with van der Waals surface area (Å²) in [5, 5.41) is 10.8. The second kappa shape index (κ2) is 13.5. The second-order valence-electron chi connectivity index (χ2n) is 8.44. The summed E-state index contributed by atoms with van der Waals surface area (Å²) >= 11 is 0. The molecule has 1 aromatic rings. The van der Waals surface area contributed by atoms with Gasteiger partial charge < -0.3 is 21.5 Å². The topological polar surface area (TPSA) is 59.1 Å². The molecule has 3 rings (SSSR count). The van der Waals surface area contributed by atoms with E-state index in [0.717, 1.165) is 56.3 Å². The molecule has 5 heteroatoms. The largest absolute Gasteiger partial charge is 0.507 e. The molecule has 1 unspecified atom stereocenters. The predicted octanol–water partition coefficient (Wildman–Crippen LogP) is 6.10. The second-order valence-corrected chi connectivity index (χ2v) is 8.44. The number of carbonyl (C=O) groups is 1. The van der Waals surface area contributed by atoms with Gasteiger partial charge in [0.1, 0.15) is 11.5 Å². The molecule has 1 aliphatic heterocycles. The first-order chi connectivity index (χ1) is 14.2. The number of hydrogen-bond donors (Lipinski definition) is 1. The maximum atomic E-state index is 11.6. The summed E-state index contributed by atoms with van der Waals surface area (Å²) in [6, 6.07) is 3.71.